The molecule has 5 nitrogen and oxygen atoms in total. The van der Waals surface area contributed by atoms with Crippen molar-refractivity contribution < 1.29 is 4.42 Å². The van der Waals surface area contributed by atoms with Gasteiger partial charge >= 0.3 is 0 Å². The number of hydrogen-bond acceptors (Lipinski definition) is 5. The molecule has 0 bridgehead atoms. The van der Waals surface area contributed by atoms with Crippen molar-refractivity contribution in [1.82, 2.24) is 19.9 Å². The van der Waals surface area contributed by atoms with Gasteiger partial charge in [0.2, 0.25) is 0 Å². The van der Waals surface area contributed by atoms with E-state index in [1.165, 1.54) is 32.5 Å². The zero-order valence-electron chi connectivity index (χ0n) is 31.7. The molecular weight excluding hydrogens is 721 g/mol. The van der Waals surface area contributed by atoms with Gasteiger partial charge in [0.05, 0.1) is 16.6 Å². The quantitative estimate of drug-likeness (QED) is 0.164. The fourth-order valence-corrected chi connectivity index (χ4v) is 8.58. The molecule has 0 fully saturated rings. The van der Waals surface area contributed by atoms with Gasteiger partial charge in [-0.1, -0.05) is 164 Å². The first-order valence-electron chi connectivity index (χ1n) is 19.8. The highest BCUT2D eigenvalue weighted by atomic mass is 16.3. The second-order valence-corrected chi connectivity index (χ2v) is 15.0. The molecule has 0 N–H and O–H groups in total. The Labute approximate surface area is 338 Å². The number of furan rings is 1. The molecule has 0 saturated carbocycles. The monoisotopic (exact) mass is 752 g/mol. The molecule has 9 aromatic carbocycles. The molecule has 0 aliphatic heterocycles. The Morgan fingerprint density at radius 2 is 0.847 bits per heavy atom. The van der Waals surface area contributed by atoms with E-state index in [4.69, 9.17) is 24.4 Å². The molecule has 12 aromatic rings. The highest BCUT2D eigenvalue weighted by Gasteiger charge is 2.19. The predicted molar refractivity (Wildman–Crippen MR) is 242 cm³/mol. The topological polar surface area (TPSA) is 64.7 Å². The zero-order valence-corrected chi connectivity index (χ0v) is 31.7. The van der Waals surface area contributed by atoms with Crippen molar-refractivity contribution >= 4 is 65.2 Å². The molecule has 0 atom stereocenters. The minimum absolute atomic E-state index is 0.597. The van der Waals surface area contributed by atoms with E-state index in [1.54, 1.807) is 0 Å². The lowest BCUT2D eigenvalue weighted by atomic mass is 9.93. The molecule has 0 aliphatic carbocycles. The fraction of sp³-hybridized carbons (Fsp3) is 0. The zero-order chi connectivity index (χ0) is 38.9. The van der Waals surface area contributed by atoms with Crippen molar-refractivity contribution in [1.29, 1.82) is 0 Å². The summed E-state index contributed by atoms with van der Waals surface area (Å²) in [6.45, 7) is 0. The van der Waals surface area contributed by atoms with Crippen molar-refractivity contribution in [3.8, 4) is 56.5 Å². The Morgan fingerprint density at radius 3 is 1.59 bits per heavy atom. The Balaban J connectivity index is 0.984. The first-order valence-corrected chi connectivity index (χ1v) is 19.8. The Bertz CT molecular complexity index is 3610. The van der Waals surface area contributed by atoms with Gasteiger partial charge in [-0.3, -0.25) is 0 Å². The maximum absolute atomic E-state index is 6.46. The molecule has 0 saturated heterocycles. The van der Waals surface area contributed by atoms with Gasteiger partial charge in [-0.05, 0) is 73.8 Å². The molecule has 0 unspecified atom stereocenters. The summed E-state index contributed by atoms with van der Waals surface area (Å²) in [4.78, 5) is 20.5. The molecule has 59 heavy (non-hydrogen) atoms. The van der Waals surface area contributed by atoms with Crippen LogP contribution in [0.2, 0.25) is 0 Å². The van der Waals surface area contributed by atoms with E-state index in [0.29, 0.717) is 17.5 Å². The second-order valence-electron chi connectivity index (χ2n) is 15.0. The summed E-state index contributed by atoms with van der Waals surface area (Å²) in [5.74, 6) is 1.83. The highest BCUT2D eigenvalue weighted by molar-refractivity contribution is 6.19. The second kappa shape index (κ2) is 13.3. The summed E-state index contributed by atoms with van der Waals surface area (Å²) in [5.41, 5.74) is 9.49. The van der Waals surface area contributed by atoms with Crippen LogP contribution < -0.4 is 0 Å². The number of aromatic nitrogens is 4. The molecule has 5 heteroatoms. The predicted octanol–water partition coefficient (Wildman–Crippen LogP) is 14.1. The maximum atomic E-state index is 6.46. The molecule has 12 rings (SSSR count). The van der Waals surface area contributed by atoms with Gasteiger partial charge < -0.3 is 4.42 Å². The van der Waals surface area contributed by atoms with E-state index in [0.717, 1.165) is 71.7 Å². The van der Waals surface area contributed by atoms with Crippen LogP contribution in [0.25, 0.3) is 122 Å². The lowest BCUT2D eigenvalue weighted by Crippen LogP contribution is -2.00. The van der Waals surface area contributed by atoms with Crippen LogP contribution in [0, 0.1) is 0 Å². The highest BCUT2D eigenvalue weighted by Crippen LogP contribution is 2.40. The first kappa shape index (κ1) is 33.2. The van der Waals surface area contributed by atoms with Crippen LogP contribution in [0.5, 0.6) is 0 Å². The molecule has 0 radical (unpaired) electrons. The third-order valence-corrected chi connectivity index (χ3v) is 11.5. The number of fused-ring (bicyclic) bond motifs is 9. The third kappa shape index (κ3) is 5.55. The number of benzene rings is 9. The molecular formula is C54H32N4O. The van der Waals surface area contributed by atoms with E-state index < -0.39 is 0 Å². The van der Waals surface area contributed by atoms with Crippen LogP contribution in [-0.4, -0.2) is 19.9 Å². The number of para-hydroxylation sites is 2. The summed E-state index contributed by atoms with van der Waals surface area (Å²) in [7, 11) is 0. The van der Waals surface area contributed by atoms with Gasteiger partial charge in [0.25, 0.3) is 0 Å². The van der Waals surface area contributed by atoms with Crippen molar-refractivity contribution in [3.63, 3.8) is 0 Å². The van der Waals surface area contributed by atoms with Gasteiger partial charge in [0.1, 0.15) is 11.2 Å². The molecule has 274 valence electrons. The minimum Gasteiger partial charge on any atom is -0.455 e. The van der Waals surface area contributed by atoms with Crippen LogP contribution in [0.3, 0.4) is 0 Å². The van der Waals surface area contributed by atoms with Crippen LogP contribution in [0.15, 0.2) is 199 Å². The van der Waals surface area contributed by atoms with E-state index in [9.17, 15) is 0 Å². The molecule has 0 amide bonds. The molecule has 0 aliphatic rings. The van der Waals surface area contributed by atoms with Crippen molar-refractivity contribution in [2.75, 3.05) is 0 Å². The number of rotatable bonds is 5. The van der Waals surface area contributed by atoms with Crippen molar-refractivity contribution in [2.24, 2.45) is 0 Å². The molecule has 3 aromatic heterocycles. The smallest absolute Gasteiger partial charge is 0.164 e. The average molecular weight is 753 g/mol. The largest absolute Gasteiger partial charge is 0.455 e. The maximum Gasteiger partial charge on any atom is 0.164 e. The van der Waals surface area contributed by atoms with Gasteiger partial charge in [0.15, 0.2) is 17.5 Å². The first-order chi connectivity index (χ1) is 29.2. The van der Waals surface area contributed by atoms with E-state index >= 15 is 0 Å². The van der Waals surface area contributed by atoms with Crippen LogP contribution in [-0.2, 0) is 0 Å². The molecule has 3 heterocycles. The summed E-state index contributed by atoms with van der Waals surface area (Å²) >= 11 is 0. The van der Waals surface area contributed by atoms with Crippen molar-refractivity contribution in [3.05, 3.63) is 194 Å². The van der Waals surface area contributed by atoms with E-state index in [2.05, 4.69) is 158 Å². The number of nitrogens with zero attached hydrogens (tertiary/aromatic N) is 4. The van der Waals surface area contributed by atoms with Crippen molar-refractivity contribution in [2.45, 2.75) is 0 Å². The summed E-state index contributed by atoms with van der Waals surface area (Å²) in [6, 6.07) is 67.6. The molecule has 0 spiro atoms. The lowest BCUT2D eigenvalue weighted by molar-refractivity contribution is 0.672. The van der Waals surface area contributed by atoms with Crippen LogP contribution in [0.1, 0.15) is 0 Å². The van der Waals surface area contributed by atoms with Gasteiger partial charge in [-0.15, -0.1) is 0 Å². The summed E-state index contributed by atoms with van der Waals surface area (Å²) in [6.07, 6.45) is 0. The van der Waals surface area contributed by atoms with Gasteiger partial charge in [0, 0.05) is 33.0 Å². The van der Waals surface area contributed by atoms with Gasteiger partial charge in [-0.2, -0.15) is 0 Å². The summed E-state index contributed by atoms with van der Waals surface area (Å²) in [5, 5.41) is 10.3. The fourth-order valence-electron chi connectivity index (χ4n) is 8.58. The van der Waals surface area contributed by atoms with E-state index in [1.807, 2.05) is 36.4 Å². The Morgan fingerprint density at radius 1 is 0.322 bits per heavy atom. The average Bonchev–Trinajstić information content (AvgIpc) is 3.71. The number of pyridine rings is 1. The van der Waals surface area contributed by atoms with Gasteiger partial charge in [-0.25, -0.2) is 19.9 Å². The third-order valence-electron chi connectivity index (χ3n) is 11.5. The standard InChI is InChI=1S/C54H32N4O/c1-2-12-38-31-40(30-21-33(38)11-1)54-57-52(36-26-22-34(23-27-36)46-32-39-13-3-4-14-41(39)42-15-5-6-16-43(42)46)56-53(58-54)37-28-24-35(25-29-37)50-49-45-18-8-10-20-48(45)59-51(49)44-17-7-9-19-47(44)55-50/h1-32H. The van der Waals surface area contributed by atoms with Crippen LogP contribution >= 0.6 is 0 Å². The van der Waals surface area contributed by atoms with Crippen LogP contribution in [0.4, 0.5) is 0 Å². The Kier molecular flexibility index (Phi) is 7.47. The normalized spacial score (nSPS) is 11.7. The minimum atomic E-state index is 0.597. The van der Waals surface area contributed by atoms with E-state index in [-0.39, 0.29) is 0 Å². The lowest BCUT2D eigenvalue weighted by Gasteiger charge is -2.12. The summed E-state index contributed by atoms with van der Waals surface area (Å²) < 4.78 is 6.46. The SMILES string of the molecule is c1ccc2cc(-c3nc(-c4ccc(-c5cc6ccccc6c6ccccc56)cc4)nc(-c4ccc(-c5nc6ccccc6c6oc7ccccc7c56)cc4)n3)ccc2c1. The number of hydrogen-bond donors (Lipinski definition) is 0. The Hall–Kier alpha value is -8.02.